The van der Waals surface area contributed by atoms with Gasteiger partial charge in [0.2, 0.25) is 5.91 Å². The number of fused-ring (bicyclic) bond motifs is 1. The molecule has 0 spiro atoms. The fourth-order valence-corrected chi connectivity index (χ4v) is 4.69. The zero-order valence-corrected chi connectivity index (χ0v) is 19.2. The van der Waals surface area contributed by atoms with Crippen molar-refractivity contribution in [2.75, 3.05) is 19.6 Å². The first-order chi connectivity index (χ1) is 16.1. The summed E-state index contributed by atoms with van der Waals surface area (Å²) in [7, 11) is 0. The molecule has 1 amide bonds. The van der Waals surface area contributed by atoms with Crippen molar-refractivity contribution in [3.63, 3.8) is 0 Å². The highest BCUT2D eigenvalue weighted by atomic mass is 19.1. The van der Waals surface area contributed by atoms with Gasteiger partial charge in [-0.2, -0.15) is 5.10 Å². The van der Waals surface area contributed by atoms with Crippen molar-refractivity contribution in [2.45, 2.75) is 45.7 Å². The van der Waals surface area contributed by atoms with Crippen LogP contribution in [0.15, 0.2) is 54.6 Å². The van der Waals surface area contributed by atoms with Gasteiger partial charge in [0.05, 0.1) is 30.0 Å². The van der Waals surface area contributed by atoms with E-state index < -0.39 is 0 Å². The summed E-state index contributed by atoms with van der Waals surface area (Å²) in [6, 6.07) is 16.6. The van der Waals surface area contributed by atoms with Crippen LogP contribution in [-0.2, 0) is 30.7 Å². The summed E-state index contributed by atoms with van der Waals surface area (Å²) in [6.07, 6.45) is 3.65. The van der Waals surface area contributed by atoms with E-state index in [1.165, 1.54) is 30.5 Å². The second-order valence-corrected chi connectivity index (χ2v) is 9.26. The third-order valence-corrected chi connectivity index (χ3v) is 6.79. The molecule has 172 valence electrons. The first-order valence-electron chi connectivity index (χ1n) is 12.0. The van der Waals surface area contributed by atoms with Crippen LogP contribution in [-0.4, -0.2) is 45.1 Å². The lowest BCUT2D eigenvalue weighted by Crippen LogP contribution is -2.35. The molecule has 3 aromatic rings. The van der Waals surface area contributed by atoms with Gasteiger partial charge in [-0.3, -0.25) is 9.69 Å². The van der Waals surface area contributed by atoms with Gasteiger partial charge in [-0.15, -0.1) is 0 Å². The third-order valence-electron chi connectivity index (χ3n) is 6.79. The lowest BCUT2D eigenvalue weighted by Gasteiger charge is -2.27. The SMILES string of the molecule is CCN1CCc2c(c(CN(CC3CC3)C(=O)Cc3ccccc3)nn2-c2cccc(F)c2)C1. The Labute approximate surface area is 194 Å². The number of hydrogen-bond acceptors (Lipinski definition) is 3. The van der Waals surface area contributed by atoms with E-state index >= 15 is 0 Å². The molecule has 0 N–H and O–H groups in total. The first-order valence-corrected chi connectivity index (χ1v) is 12.0. The van der Waals surface area contributed by atoms with Crippen LogP contribution in [0.1, 0.15) is 42.3 Å². The smallest absolute Gasteiger partial charge is 0.227 e. The van der Waals surface area contributed by atoms with Gasteiger partial charge in [0.15, 0.2) is 0 Å². The molecule has 0 radical (unpaired) electrons. The maximum Gasteiger partial charge on any atom is 0.227 e. The molecule has 0 saturated heterocycles. The predicted octanol–water partition coefficient (Wildman–Crippen LogP) is 4.37. The topological polar surface area (TPSA) is 41.4 Å². The highest BCUT2D eigenvalue weighted by molar-refractivity contribution is 5.78. The van der Waals surface area contributed by atoms with Gasteiger partial charge >= 0.3 is 0 Å². The van der Waals surface area contributed by atoms with E-state index in [0.29, 0.717) is 18.9 Å². The molecule has 1 saturated carbocycles. The van der Waals surface area contributed by atoms with Gasteiger partial charge in [0.25, 0.3) is 0 Å². The molecule has 1 aliphatic carbocycles. The van der Waals surface area contributed by atoms with Crippen LogP contribution in [0.3, 0.4) is 0 Å². The number of halogens is 1. The van der Waals surface area contributed by atoms with Crippen LogP contribution < -0.4 is 0 Å². The van der Waals surface area contributed by atoms with Gasteiger partial charge in [0.1, 0.15) is 5.82 Å². The van der Waals surface area contributed by atoms with Crippen LogP contribution >= 0.6 is 0 Å². The molecular formula is C27H31FN4O. The average Bonchev–Trinajstić information content (AvgIpc) is 3.58. The third kappa shape index (κ3) is 5.01. The Morgan fingerprint density at radius 1 is 1.15 bits per heavy atom. The number of benzene rings is 2. The Kier molecular flexibility index (Phi) is 6.27. The summed E-state index contributed by atoms with van der Waals surface area (Å²) in [5, 5.41) is 4.96. The van der Waals surface area contributed by atoms with Crippen LogP contribution in [0.25, 0.3) is 5.69 Å². The Morgan fingerprint density at radius 2 is 1.97 bits per heavy atom. The molecule has 33 heavy (non-hydrogen) atoms. The number of carbonyl (C=O) groups excluding carboxylic acids is 1. The minimum atomic E-state index is -0.266. The number of aromatic nitrogens is 2. The Bertz CT molecular complexity index is 1120. The molecule has 2 heterocycles. The van der Waals surface area contributed by atoms with Crippen LogP contribution in [0.4, 0.5) is 4.39 Å². The maximum absolute atomic E-state index is 14.0. The lowest BCUT2D eigenvalue weighted by atomic mass is 10.0. The minimum Gasteiger partial charge on any atom is -0.336 e. The number of amides is 1. The van der Waals surface area contributed by atoms with Crippen molar-refractivity contribution in [2.24, 2.45) is 5.92 Å². The van der Waals surface area contributed by atoms with E-state index in [-0.39, 0.29) is 11.7 Å². The molecule has 5 nitrogen and oxygen atoms in total. The predicted molar refractivity (Wildman–Crippen MR) is 126 cm³/mol. The lowest BCUT2D eigenvalue weighted by molar-refractivity contribution is -0.131. The van der Waals surface area contributed by atoms with E-state index in [1.807, 2.05) is 46.0 Å². The summed E-state index contributed by atoms with van der Waals surface area (Å²) in [5.41, 5.74) is 5.05. The van der Waals surface area contributed by atoms with Crippen LogP contribution in [0, 0.1) is 11.7 Å². The quantitative estimate of drug-likeness (QED) is 0.516. The van der Waals surface area contributed by atoms with Crippen molar-refractivity contribution >= 4 is 5.91 Å². The van der Waals surface area contributed by atoms with Crippen LogP contribution in [0.5, 0.6) is 0 Å². The van der Waals surface area contributed by atoms with E-state index in [4.69, 9.17) is 5.10 Å². The molecule has 0 atom stereocenters. The van der Waals surface area contributed by atoms with Crippen molar-refractivity contribution < 1.29 is 9.18 Å². The molecule has 6 heteroatoms. The monoisotopic (exact) mass is 446 g/mol. The van der Waals surface area contributed by atoms with Gasteiger partial charge in [0, 0.05) is 31.6 Å². The van der Waals surface area contributed by atoms with Crippen molar-refractivity contribution in [1.82, 2.24) is 19.6 Å². The molecular weight excluding hydrogens is 415 g/mol. The highest BCUT2D eigenvalue weighted by Gasteiger charge is 2.30. The summed E-state index contributed by atoms with van der Waals surface area (Å²) in [6.45, 7) is 6.21. The largest absolute Gasteiger partial charge is 0.336 e. The molecule has 5 rings (SSSR count). The van der Waals surface area contributed by atoms with E-state index in [9.17, 15) is 9.18 Å². The Morgan fingerprint density at radius 3 is 2.70 bits per heavy atom. The Hall–Kier alpha value is -2.99. The van der Waals surface area contributed by atoms with E-state index in [0.717, 1.165) is 55.2 Å². The zero-order chi connectivity index (χ0) is 22.8. The average molecular weight is 447 g/mol. The summed E-state index contributed by atoms with van der Waals surface area (Å²) < 4.78 is 15.9. The van der Waals surface area contributed by atoms with E-state index in [1.54, 1.807) is 6.07 Å². The minimum absolute atomic E-state index is 0.144. The van der Waals surface area contributed by atoms with E-state index in [2.05, 4.69) is 11.8 Å². The molecule has 1 fully saturated rings. The second kappa shape index (κ2) is 9.48. The molecule has 0 bridgehead atoms. The summed E-state index contributed by atoms with van der Waals surface area (Å²) in [4.78, 5) is 17.7. The number of hydrogen-bond donors (Lipinski definition) is 0. The number of likely N-dealkylation sites (N-methyl/N-ethyl adjacent to an activating group) is 1. The standard InChI is InChI=1S/C27H31FN4O/c1-2-30-14-13-26-24(18-30)25(29-32(26)23-10-6-9-22(28)16-23)19-31(17-21-11-12-21)27(33)15-20-7-4-3-5-8-20/h3-10,16,21H,2,11-15,17-19H2,1H3. The summed E-state index contributed by atoms with van der Waals surface area (Å²) >= 11 is 0. The van der Waals surface area contributed by atoms with Gasteiger partial charge < -0.3 is 4.90 Å². The highest BCUT2D eigenvalue weighted by Crippen LogP contribution is 2.32. The van der Waals surface area contributed by atoms with Gasteiger partial charge in [-0.1, -0.05) is 43.3 Å². The first kappa shape index (κ1) is 21.8. The fraction of sp³-hybridized carbons (Fsp3) is 0.407. The fourth-order valence-electron chi connectivity index (χ4n) is 4.69. The normalized spacial score (nSPS) is 15.9. The number of nitrogens with zero attached hydrogens (tertiary/aromatic N) is 4. The van der Waals surface area contributed by atoms with Crippen LogP contribution in [0.2, 0.25) is 0 Å². The number of carbonyl (C=O) groups is 1. The molecule has 0 unspecified atom stereocenters. The van der Waals surface area contributed by atoms with Crippen molar-refractivity contribution in [1.29, 1.82) is 0 Å². The van der Waals surface area contributed by atoms with Gasteiger partial charge in [-0.25, -0.2) is 9.07 Å². The Balaban J connectivity index is 1.46. The summed E-state index contributed by atoms with van der Waals surface area (Å²) in [5.74, 6) is 0.473. The number of rotatable bonds is 8. The van der Waals surface area contributed by atoms with Crippen molar-refractivity contribution in [3.05, 3.63) is 82.9 Å². The molecule has 1 aromatic heterocycles. The maximum atomic E-state index is 14.0. The second-order valence-electron chi connectivity index (χ2n) is 9.26. The zero-order valence-electron chi connectivity index (χ0n) is 19.2. The molecule has 1 aliphatic heterocycles. The van der Waals surface area contributed by atoms with Gasteiger partial charge in [-0.05, 0) is 49.1 Å². The molecule has 2 aliphatic rings. The molecule has 2 aromatic carbocycles. The van der Waals surface area contributed by atoms with Crippen molar-refractivity contribution in [3.8, 4) is 5.69 Å².